The Morgan fingerprint density at radius 3 is 2.65 bits per heavy atom. The molecule has 0 radical (unpaired) electrons. The fourth-order valence-corrected chi connectivity index (χ4v) is 2.36. The molecule has 0 atom stereocenters. The van der Waals surface area contributed by atoms with Gasteiger partial charge in [0, 0.05) is 13.0 Å². The van der Waals surface area contributed by atoms with Crippen LogP contribution < -0.4 is 4.57 Å². The van der Waals surface area contributed by atoms with E-state index >= 15 is 0 Å². The third-order valence-electron chi connectivity index (χ3n) is 3.17. The maximum absolute atomic E-state index is 10.8. The lowest BCUT2D eigenvalue weighted by Crippen LogP contribution is -2.34. The minimum Gasteiger partial charge on any atom is -0.258 e. The molecule has 0 aliphatic rings. The van der Waals surface area contributed by atoms with Crippen LogP contribution in [-0.2, 0) is 13.1 Å². The zero-order chi connectivity index (χ0) is 12.6. The number of aryl methyl sites for hydroxylation is 2. The summed E-state index contributed by atoms with van der Waals surface area (Å²) in [4.78, 5) is 10.4. The molecule has 17 heavy (non-hydrogen) atoms. The molecule has 0 unspecified atom stereocenters. The highest BCUT2D eigenvalue weighted by Crippen LogP contribution is 2.20. The second-order valence-electron chi connectivity index (χ2n) is 3.97. The number of nitro benzene ring substituents is 1. The van der Waals surface area contributed by atoms with Gasteiger partial charge in [-0.25, -0.2) is 9.13 Å². The van der Waals surface area contributed by atoms with Crippen LogP contribution >= 0.6 is 0 Å². The van der Waals surface area contributed by atoms with Crippen molar-refractivity contribution in [1.82, 2.24) is 4.57 Å². The minimum absolute atomic E-state index is 0.146. The highest BCUT2D eigenvalue weighted by atomic mass is 16.6. The Hall–Kier alpha value is -1.91. The SMILES string of the molecule is CCn1c(C)[n+](CC)c2ccc([N+](=O)[O-])cc21. The van der Waals surface area contributed by atoms with E-state index in [1.54, 1.807) is 12.1 Å². The first kappa shape index (κ1) is 11.6. The molecule has 0 aliphatic carbocycles. The molecule has 0 fully saturated rings. The molecule has 1 aromatic carbocycles. The summed E-state index contributed by atoms with van der Waals surface area (Å²) in [7, 11) is 0. The highest BCUT2D eigenvalue weighted by Gasteiger charge is 2.21. The average Bonchev–Trinajstić information content (AvgIpc) is 2.58. The van der Waals surface area contributed by atoms with Gasteiger partial charge in [-0.15, -0.1) is 0 Å². The topological polar surface area (TPSA) is 52.0 Å². The van der Waals surface area contributed by atoms with Gasteiger partial charge in [-0.2, -0.15) is 0 Å². The number of non-ortho nitro benzene ring substituents is 1. The third kappa shape index (κ3) is 1.67. The number of hydrogen-bond donors (Lipinski definition) is 0. The van der Waals surface area contributed by atoms with Gasteiger partial charge in [-0.3, -0.25) is 10.1 Å². The number of aromatic nitrogens is 2. The van der Waals surface area contributed by atoms with Crippen molar-refractivity contribution in [3.8, 4) is 0 Å². The second-order valence-corrected chi connectivity index (χ2v) is 3.97. The molecule has 0 spiro atoms. The Labute approximate surface area is 99.4 Å². The van der Waals surface area contributed by atoms with Crippen molar-refractivity contribution in [3.63, 3.8) is 0 Å². The number of nitro groups is 1. The number of imidazole rings is 1. The highest BCUT2D eigenvalue weighted by molar-refractivity contribution is 5.75. The molecule has 5 nitrogen and oxygen atoms in total. The summed E-state index contributed by atoms with van der Waals surface area (Å²) in [6.07, 6.45) is 0. The number of hydrogen-bond acceptors (Lipinski definition) is 2. The minimum atomic E-state index is -0.349. The Morgan fingerprint density at radius 1 is 1.41 bits per heavy atom. The fourth-order valence-electron chi connectivity index (χ4n) is 2.36. The summed E-state index contributed by atoms with van der Waals surface area (Å²) in [6, 6.07) is 5.04. The van der Waals surface area contributed by atoms with E-state index in [0.29, 0.717) is 0 Å². The van der Waals surface area contributed by atoms with Crippen LogP contribution in [0.1, 0.15) is 19.7 Å². The zero-order valence-electron chi connectivity index (χ0n) is 10.3. The quantitative estimate of drug-likeness (QED) is 0.464. The van der Waals surface area contributed by atoms with Crippen molar-refractivity contribution in [2.24, 2.45) is 0 Å². The van der Waals surface area contributed by atoms with E-state index in [-0.39, 0.29) is 10.6 Å². The molecule has 2 aromatic rings. The predicted octanol–water partition coefficient (Wildman–Crippen LogP) is 2.19. The molecule has 0 N–H and O–H groups in total. The van der Waals surface area contributed by atoms with Crippen molar-refractivity contribution < 1.29 is 9.49 Å². The first-order valence-corrected chi connectivity index (χ1v) is 5.77. The number of rotatable bonds is 3. The maximum Gasteiger partial charge on any atom is 0.273 e. The van der Waals surface area contributed by atoms with E-state index < -0.39 is 0 Å². The van der Waals surface area contributed by atoms with Gasteiger partial charge in [0.1, 0.15) is 0 Å². The van der Waals surface area contributed by atoms with Crippen LogP contribution in [0.5, 0.6) is 0 Å². The molecule has 0 amide bonds. The summed E-state index contributed by atoms with van der Waals surface area (Å²) in [5.41, 5.74) is 2.13. The van der Waals surface area contributed by atoms with Crippen LogP contribution in [0.15, 0.2) is 18.2 Å². The molecular weight excluding hydrogens is 218 g/mol. The van der Waals surface area contributed by atoms with Crippen molar-refractivity contribution in [2.45, 2.75) is 33.9 Å². The Bertz CT molecular complexity index is 587. The van der Waals surface area contributed by atoms with Crippen LogP contribution in [0.4, 0.5) is 5.69 Å². The van der Waals surface area contributed by atoms with Crippen LogP contribution in [0.25, 0.3) is 11.0 Å². The van der Waals surface area contributed by atoms with Gasteiger partial charge in [0.15, 0.2) is 11.0 Å². The molecule has 0 saturated carbocycles. The van der Waals surface area contributed by atoms with E-state index in [2.05, 4.69) is 16.1 Å². The third-order valence-corrected chi connectivity index (χ3v) is 3.17. The predicted molar refractivity (Wildman–Crippen MR) is 64.9 cm³/mol. The Kier molecular flexibility index (Phi) is 2.83. The molecule has 0 aliphatic heterocycles. The molecular formula is C12H16N3O2+. The average molecular weight is 234 g/mol. The number of nitrogens with zero attached hydrogens (tertiary/aromatic N) is 3. The monoisotopic (exact) mass is 234 g/mol. The first-order chi connectivity index (χ1) is 8.10. The molecule has 0 saturated heterocycles. The number of benzene rings is 1. The van der Waals surface area contributed by atoms with Gasteiger partial charge in [0.2, 0.25) is 0 Å². The lowest BCUT2D eigenvalue weighted by atomic mass is 10.2. The second kappa shape index (κ2) is 4.16. The van der Waals surface area contributed by atoms with Crippen LogP contribution in [0, 0.1) is 17.0 Å². The summed E-state index contributed by atoms with van der Waals surface area (Å²) in [5.74, 6) is 1.13. The van der Waals surface area contributed by atoms with Gasteiger partial charge in [0.05, 0.1) is 24.1 Å². The van der Waals surface area contributed by atoms with E-state index in [1.165, 1.54) is 0 Å². The molecule has 90 valence electrons. The fraction of sp³-hybridized carbons (Fsp3) is 0.417. The van der Waals surface area contributed by atoms with Crippen molar-refractivity contribution >= 4 is 16.7 Å². The first-order valence-electron chi connectivity index (χ1n) is 5.77. The van der Waals surface area contributed by atoms with Crippen molar-refractivity contribution in [3.05, 3.63) is 34.1 Å². The van der Waals surface area contributed by atoms with Crippen LogP contribution in [0.3, 0.4) is 0 Å². The van der Waals surface area contributed by atoms with Gasteiger partial charge >= 0.3 is 0 Å². The molecule has 1 aromatic heterocycles. The van der Waals surface area contributed by atoms with Crippen LogP contribution in [-0.4, -0.2) is 9.49 Å². The van der Waals surface area contributed by atoms with Crippen LogP contribution in [0.2, 0.25) is 0 Å². The zero-order valence-corrected chi connectivity index (χ0v) is 10.3. The summed E-state index contributed by atoms with van der Waals surface area (Å²) in [6.45, 7) is 7.85. The standard InChI is InChI=1S/C12H16N3O2/c1-4-13-9(3)14(5-2)12-8-10(15(16)17)6-7-11(12)13/h6-8H,4-5H2,1-3H3/q+1. The van der Waals surface area contributed by atoms with Gasteiger partial charge in [-0.1, -0.05) is 0 Å². The lowest BCUT2D eigenvalue weighted by Gasteiger charge is -1.94. The molecule has 5 heteroatoms. The van der Waals surface area contributed by atoms with Crippen molar-refractivity contribution in [2.75, 3.05) is 0 Å². The summed E-state index contributed by atoms with van der Waals surface area (Å²) >= 11 is 0. The molecule has 0 bridgehead atoms. The van der Waals surface area contributed by atoms with Gasteiger partial charge < -0.3 is 0 Å². The van der Waals surface area contributed by atoms with E-state index in [9.17, 15) is 10.1 Å². The lowest BCUT2D eigenvalue weighted by molar-refractivity contribution is -0.674. The Morgan fingerprint density at radius 2 is 2.12 bits per heavy atom. The smallest absolute Gasteiger partial charge is 0.258 e. The molecule has 2 rings (SSSR count). The van der Waals surface area contributed by atoms with E-state index in [1.807, 2.05) is 19.9 Å². The van der Waals surface area contributed by atoms with Gasteiger partial charge in [0.25, 0.3) is 11.5 Å². The van der Waals surface area contributed by atoms with Gasteiger partial charge in [-0.05, 0) is 19.9 Å². The van der Waals surface area contributed by atoms with E-state index in [4.69, 9.17) is 0 Å². The van der Waals surface area contributed by atoms with Crippen molar-refractivity contribution in [1.29, 1.82) is 0 Å². The summed E-state index contributed by atoms with van der Waals surface area (Å²) < 4.78 is 4.27. The number of fused-ring (bicyclic) bond motifs is 1. The molecule has 1 heterocycles. The normalized spacial score (nSPS) is 11.0. The largest absolute Gasteiger partial charge is 0.273 e. The summed E-state index contributed by atoms with van der Waals surface area (Å²) in [5, 5.41) is 10.8. The van der Waals surface area contributed by atoms with E-state index in [0.717, 1.165) is 29.9 Å². The Balaban J connectivity index is 2.80. The maximum atomic E-state index is 10.8.